The fourth-order valence-electron chi connectivity index (χ4n) is 2.13. The molecular formula is C18H16N2OS. The van der Waals surface area contributed by atoms with Gasteiger partial charge in [-0.05, 0) is 24.1 Å². The van der Waals surface area contributed by atoms with Gasteiger partial charge in [-0.3, -0.25) is 4.79 Å². The summed E-state index contributed by atoms with van der Waals surface area (Å²) in [5.74, 6) is -0.173. The van der Waals surface area contributed by atoms with Crippen LogP contribution in [0.3, 0.4) is 0 Å². The molecule has 1 aromatic heterocycles. The molecule has 3 aromatic rings. The lowest BCUT2D eigenvalue weighted by atomic mass is 10.1. The smallest absolute Gasteiger partial charge is 0.284 e. The average molecular weight is 308 g/mol. The zero-order valence-corrected chi connectivity index (χ0v) is 13.1. The molecule has 0 fully saturated rings. The largest absolute Gasteiger partial charge is 0.320 e. The number of anilines is 1. The van der Waals surface area contributed by atoms with Gasteiger partial charge in [-0.15, -0.1) is 11.3 Å². The first-order valence-corrected chi connectivity index (χ1v) is 8.05. The zero-order chi connectivity index (χ0) is 15.4. The van der Waals surface area contributed by atoms with Crippen LogP contribution in [-0.4, -0.2) is 10.9 Å². The number of hydrogen-bond donors (Lipinski definition) is 1. The monoisotopic (exact) mass is 308 g/mol. The van der Waals surface area contributed by atoms with Gasteiger partial charge < -0.3 is 5.32 Å². The first kappa shape index (κ1) is 14.5. The number of nitrogens with zero attached hydrogens (tertiary/aromatic N) is 1. The van der Waals surface area contributed by atoms with Crippen molar-refractivity contribution in [2.24, 2.45) is 0 Å². The summed E-state index contributed by atoms with van der Waals surface area (Å²) in [7, 11) is 0. The van der Waals surface area contributed by atoms with Crippen molar-refractivity contribution in [2.75, 3.05) is 5.32 Å². The van der Waals surface area contributed by atoms with Crippen molar-refractivity contribution in [2.45, 2.75) is 13.3 Å². The maximum atomic E-state index is 12.2. The fraction of sp³-hybridized carbons (Fsp3) is 0.111. The van der Waals surface area contributed by atoms with Crippen molar-refractivity contribution in [1.29, 1.82) is 0 Å². The first-order valence-electron chi connectivity index (χ1n) is 7.17. The molecule has 0 atom stereocenters. The standard InChI is InChI=1S/C18H16N2OS/c1-2-13-8-10-14(11-9-13)16-12-22-18(20-16)17(21)19-15-6-4-3-5-7-15/h3-12H,2H2,1H3,(H,19,21). The molecule has 0 saturated carbocycles. The van der Waals surface area contributed by atoms with Gasteiger partial charge in [0.2, 0.25) is 0 Å². The van der Waals surface area contributed by atoms with E-state index in [1.54, 1.807) is 0 Å². The van der Waals surface area contributed by atoms with E-state index in [0.717, 1.165) is 23.4 Å². The van der Waals surface area contributed by atoms with Crippen LogP contribution in [0.25, 0.3) is 11.3 Å². The van der Waals surface area contributed by atoms with Crippen molar-refractivity contribution >= 4 is 22.9 Å². The minimum atomic E-state index is -0.173. The van der Waals surface area contributed by atoms with E-state index in [-0.39, 0.29) is 5.91 Å². The van der Waals surface area contributed by atoms with Crippen LogP contribution in [0, 0.1) is 0 Å². The third kappa shape index (κ3) is 3.23. The number of aryl methyl sites for hydroxylation is 1. The summed E-state index contributed by atoms with van der Waals surface area (Å²) < 4.78 is 0. The molecule has 0 radical (unpaired) electrons. The summed E-state index contributed by atoms with van der Waals surface area (Å²) in [4.78, 5) is 16.6. The molecule has 3 nitrogen and oxygen atoms in total. The Balaban J connectivity index is 1.76. The number of rotatable bonds is 4. The number of benzene rings is 2. The maximum Gasteiger partial charge on any atom is 0.284 e. The SMILES string of the molecule is CCc1ccc(-c2csc(C(=O)Nc3ccccc3)n2)cc1. The molecule has 0 aliphatic carbocycles. The van der Waals surface area contributed by atoms with Gasteiger partial charge in [0.05, 0.1) is 5.69 Å². The lowest BCUT2D eigenvalue weighted by Gasteiger charge is -2.02. The van der Waals surface area contributed by atoms with Gasteiger partial charge in [0.1, 0.15) is 0 Å². The number of thiazole rings is 1. The second-order valence-corrected chi connectivity index (χ2v) is 5.77. The number of nitrogens with one attached hydrogen (secondary N) is 1. The predicted octanol–water partition coefficient (Wildman–Crippen LogP) is 4.62. The van der Waals surface area contributed by atoms with Gasteiger partial charge in [-0.2, -0.15) is 0 Å². The molecule has 0 spiro atoms. The number of aromatic nitrogens is 1. The lowest BCUT2D eigenvalue weighted by Crippen LogP contribution is -2.11. The summed E-state index contributed by atoms with van der Waals surface area (Å²) in [6.45, 7) is 2.13. The van der Waals surface area contributed by atoms with Crippen molar-refractivity contribution in [3.63, 3.8) is 0 Å². The van der Waals surface area contributed by atoms with Crippen LogP contribution in [0.15, 0.2) is 60.0 Å². The second-order valence-electron chi connectivity index (χ2n) is 4.91. The zero-order valence-electron chi connectivity index (χ0n) is 12.2. The summed E-state index contributed by atoms with van der Waals surface area (Å²) in [6, 6.07) is 17.7. The van der Waals surface area contributed by atoms with Crippen LogP contribution in [0.4, 0.5) is 5.69 Å². The van der Waals surface area contributed by atoms with E-state index in [9.17, 15) is 4.79 Å². The molecular weight excluding hydrogens is 292 g/mol. The van der Waals surface area contributed by atoms with E-state index in [4.69, 9.17) is 0 Å². The normalized spacial score (nSPS) is 10.4. The van der Waals surface area contributed by atoms with Crippen LogP contribution in [0.2, 0.25) is 0 Å². The number of para-hydroxylation sites is 1. The van der Waals surface area contributed by atoms with E-state index in [1.807, 2.05) is 47.8 Å². The number of amides is 1. The third-order valence-corrected chi connectivity index (χ3v) is 4.23. The van der Waals surface area contributed by atoms with E-state index in [1.165, 1.54) is 16.9 Å². The Morgan fingerprint density at radius 3 is 2.50 bits per heavy atom. The topological polar surface area (TPSA) is 42.0 Å². The van der Waals surface area contributed by atoms with Crippen LogP contribution in [0.1, 0.15) is 22.3 Å². The minimum absolute atomic E-state index is 0.173. The molecule has 22 heavy (non-hydrogen) atoms. The number of hydrogen-bond acceptors (Lipinski definition) is 3. The molecule has 0 aliphatic heterocycles. The fourth-order valence-corrected chi connectivity index (χ4v) is 2.85. The molecule has 0 aliphatic rings. The molecule has 1 N–H and O–H groups in total. The van der Waals surface area contributed by atoms with E-state index in [0.29, 0.717) is 5.01 Å². The Hall–Kier alpha value is -2.46. The highest BCUT2D eigenvalue weighted by Crippen LogP contribution is 2.23. The van der Waals surface area contributed by atoms with E-state index in [2.05, 4.69) is 29.4 Å². The lowest BCUT2D eigenvalue weighted by molar-refractivity contribution is 0.102. The molecule has 1 heterocycles. The van der Waals surface area contributed by atoms with E-state index < -0.39 is 0 Å². The number of carbonyl (C=O) groups excluding carboxylic acids is 1. The van der Waals surface area contributed by atoms with Crippen LogP contribution >= 0.6 is 11.3 Å². The Kier molecular flexibility index (Phi) is 4.30. The van der Waals surface area contributed by atoms with Gasteiger partial charge in [-0.1, -0.05) is 49.4 Å². The Labute approximate surface area is 133 Å². The summed E-state index contributed by atoms with van der Waals surface area (Å²) in [6.07, 6.45) is 1.02. The van der Waals surface area contributed by atoms with Gasteiger partial charge in [0.15, 0.2) is 5.01 Å². The van der Waals surface area contributed by atoms with Gasteiger partial charge in [0, 0.05) is 16.6 Å². The summed E-state index contributed by atoms with van der Waals surface area (Å²) in [5.41, 5.74) is 3.94. The van der Waals surface area contributed by atoms with Gasteiger partial charge >= 0.3 is 0 Å². The molecule has 1 amide bonds. The third-order valence-electron chi connectivity index (χ3n) is 3.39. The maximum absolute atomic E-state index is 12.2. The Morgan fingerprint density at radius 2 is 1.82 bits per heavy atom. The Morgan fingerprint density at radius 1 is 1.09 bits per heavy atom. The average Bonchev–Trinajstić information content (AvgIpc) is 3.06. The highest BCUT2D eigenvalue weighted by Gasteiger charge is 2.12. The molecule has 0 saturated heterocycles. The first-order chi connectivity index (χ1) is 10.8. The van der Waals surface area contributed by atoms with Crippen molar-refractivity contribution in [3.8, 4) is 11.3 Å². The van der Waals surface area contributed by atoms with Crippen LogP contribution in [0.5, 0.6) is 0 Å². The van der Waals surface area contributed by atoms with Crippen LogP contribution in [-0.2, 0) is 6.42 Å². The molecule has 0 unspecified atom stereocenters. The van der Waals surface area contributed by atoms with E-state index >= 15 is 0 Å². The molecule has 4 heteroatoms. The highest BCUT2D eigenvalue weighted by atomic mass is 32.1. The van der Waals surface area contributed by atoms with Crippen molar-refractivity contribution in [3.05, 3.63) is 70.5 Å². The quantitative estimate of drug-likeness (QED) is 0.764. The predicted molar refractivity (Wildman–Crippen MR) is 91.3 cm³/mol. The summed E-state index contributed by atoms with van der Waals surface area (Å²) >= 11 is 1.36. The van der Waals surface area contributed by atoms with Crippen molar-refractivity contribution in [1.82, 2.24) is 4.98 Å². The van der Waals surface area contributed by atoms with Gasteiger partial charge in [-0.25, -0.2) is 4.98 Å². The van der Waals surface area contributed by atoms with Crippen molar-refractivity contribution < 1.29 is 4.79 Å². The van der Waals surface area contributed by atoms with Crippen LogP contribution < -0.4 is 5.32 Å². The van der Waals surface area contributed by atoms with Gasteiger partial charge in [0.25, 0.3) is 5.91 Å². The summed E-state index contributed by atoms with van der Waals surface area (Å²) in [5, 5.41) is 5.24. The molecule has 110 valence electrons. The molecule has 2 aromatic carbocycles. The molecule has 3 rings (SSSR count). The Bertz CT molecular complexity index is 763. The second kappa shape index (κ2) is 6.54. The molecule has 0 bridgehead atoms. The number of carbonyl (C=O) groups is 1. The minimum Gasteiger partial charge on any atom is -0.320 e. The highest BCUT2D eigenvalue weighted by molar-refractivity contribution is 7.12.